The van der Waals surface area contributed by atoms with Gasteiger partial charge in [0.1, 0.15) is 6.54 Å². The number of hydrogen-bond donors (Lipinski definition) is 1. The fourth-order valence-electron chi connectivity index (χ4n) is 3.78. The van der Waals surface area contributed by atoms with Gasteiger partial charge in [-0.1, -0.05) is 6.42 Å². The lowest BCUT2D eigenvalue weighted by Gasteiger charge is -2.39. The molecule has 0 radical (unpaired) electrons. The summed E-state index contributed by atoms with van der Waals surface area (Å²) in [5, 5.41) is 0. The molecule has 0 aromatic carbocycles. The molecule has 0 spiro atoms. The van der Waals surface area contributed by atoms with Crippen LogP contribution < -0.4 is 5.73 Å². The second kappa shape index (κ2) is 7.79. The summed E-state index contributed by atoms with van der Waals surface area (Å²) in [5.74, 6) is -0.128. The maximum Gasteiger partial charge on any atom is 0.402 e. The highest BCUT2D eigenvalue weighted by Gasteiger charge is 2.40. The minimum atomic E-state index is -4.59. The number of hydrogen-bond acceptors (Lipinski definition) is 4. The molecule has 2 atom stereocenters. The maximum absolute atomic E-state index is 12.7. The zero-order chi connectivity index (χ0) is 18.8. The van der Waals surface area contributed by atoms with E-state index in [9.17, 15) is 26.4 Å². The predicted octanol–water partition coefficient (Wildman–Crippen LogP) is 1.32. The van der Waals surface area contributed by atoms with Crippen LogP contribution in [-0.2, 0) is 14.8 Å². The summed E-state index contributed by atoms with van der Waals surface area (Å²) in [7, 11) is -3.97. The van der Waals surface area contributed by atoms with Crippen molar-refractivity contribution in [1.82, 2.24) is 9.21 Å². The van der Waals surface area contributed by atoms with Crippen LogP contribution >= 0.6 is 0 Å². The molecule has 146 valence electrons. The number of carbonyl (C=O) groups is 1. The topological polar surface area (TPSA) is 83.7 Å². The quantitative estimate of drug-likeness (QED) is 0.791. The highest BCUT2D eigenvalue weighted by atomic mass is 32.2. The van der Waals surface area contributed by atoms with E-state index in [1.165, 1.54) is 0 Å². The molecule has 2 rings (SSSR count). The number of carbonyl (C=O) groups excluding carboxylic acids is 1. The molecule has 2 N–H and O–H groups in total. The molecule has 2 aliphatic rings. The molecule has 1 saturated heterocycles. The van der Waals surface area contributed by atoms with E-state index in [-0.39, 0.29) is 43.8 Å². The minimum Gasteiger partial charge on any atom is -0.342 e. The van der Waals surface area contributed by atoms with Crippen molar-refractivity contribution >= 4 is 15.9 Å². The molecule has 1 aliphatic heterocycles. The summed E-state index contributed by atoms with van der Waals surface area (Å²) >= 11 is 0. The van der Waals surface area contributed by atoms with Gasteiger partial charge in [0.2, 0.25) is 15.9 Å². The highest BCUT2D eigenvalue weighted by molar-refractivity contribution is 7.88. The molecule has 1 saturated carbocycles. The van der Waals surface area contributed by atoms with Crippen LogP contribution in [0.2, 0.25) is 0 Å². The Kier molecular flexibility index (Phi) is 6.37. The van der Waals surface area contributed by atoms with Crippen LogP contribution in [0.5, 0.6) is 0 Å². The van der Waals surface area contributed by atoms with Gasteiger partial charge < -0.3 is 10.6 Å². The van der Waals surface area contributed by atoms with Gasteiger partial charge in [-0.25, -0.2) is 8.42 Å². The van der Waals surface area contributed by atoms with Crippen molar-refractivity contribution in [2.24, 2.45) is 11.7 Å². The summed E-state index contributed by atoms with van der Waals surface area (Å²) in [6.45, 7) is -0.930. The Labute approximate surface area is 146 Å². The molecule has 25 heavy (non-hydrogen) atoms. The third kappa shape index (κ3) is 5.82. The SMILES string of the molecule is CS(=O)(=O)N(CC(F)(F)F)C1CCN(C(=O)C2CCCC(N)C2)CC1. The van der Waals surface area contributed by atoms with E-state index in [1.54, 1.807) is 4.90 Å². The van der Waals surface area contributed by atoms with Crippen LogP contribution in [0.25, 0.3) is 0 Å². The van der Waals surface area contributed by atoms with Crippen molar-refractivity contribution in [3.63, 3.8) is 0 Å². The lowest BCUT2D eigenvalue weighted by Crippen LogP contribution is -2.52. The van der Waals surface area contributed by atoms with Crippen LogP contribution in [0.3, 0.4) is 0 Å². The third-order valence-electron chi connectivity index (χ3n) is 5.01. The Hall–Kier alpha value is -0.870. The van der Waals surface area contributed by atoms with Crippen molar-refractivity contribution in [2.45, 2.75) is 56.8 Å². The summed E-state index contributed by atoms with van der Waals surface area (Å²) < 4.78 is 62.1. The first-order valence-electron chi connectivity index (χ1n) is 8.55. The molecule has 6 nitrogen and oxygen atoms in total. The molecule has 0 aromatic heterocycles. The van der Waals surface area contributed by atoms with Gasteiger partial charge in [0.25, 0.3) is 0 Å². The Balaban J connectivity index is 1.96. The number of sulfonamides is 1. The van der Waals surface area contributed by atoms with Gasteiger partial charge >= 0.3 is 6.18 Å². The molecule has 2 fully saturated rings. The summed E-state index contributed by atoms with van der Waals surface area (Å²) in [6, 6.07) is -0.706. The maximum atomic E-state index is 12.7. The normalized spacial score (nSPS) is 26.9. The van der Waals surface area contributed by atoms with E-state index in [4.69, 9.17) is 5.73 Å². The second-order valence-electron chi connectivity index (χ2n) is 7.10. The molecule has 10 heteroatoms. The van der Waals surface area contributed by atoms with E-state index < -0.39 is 28.8 Å². The first kappa shape index (κ1) is 20.4. The molecular weight excluding hydrogens is 359 g/mol. The van der Waals surface area contributed by atoms with Crippen LogP contribution in [0.4, 0.5) is 13.2 Å². The molecule has 1 amide bonds. The predicted molar refractivity (Wildman–Crippen MR) is 87.1 cm³/mol. The average Bonchev–Trinajstić information content (AvgIpc) is 2.50. The minimum absolute atomic E-state index is 0.00433. The highest BCUT2D eigenvalue weighted by Crippen LogP contribution is 2.28. The number of alkyl halides is 3. The van der Waals surface area contributed by atoms with Crippen molar-refractivity contribution in [3.8, 4) is 0 Å². The number of rotatable bonds is 4. The summed E-state index contributed by atoms with van der Waals surface area (Å²) in [4.78, 5) is 14.2. The monoisotopic (exact) mass is 385 g/mol. The van der Waals surface area contributed by atoms with Gasteiger partial charge in [-0.05, 0) is 32.1 Å². The Morgan fingerprint density at radius 1 is 1.20 bits per heavy atom. The fourth-order valence-corrected chi connectivity index (χ4v) is 4.91. The van der Waals surface area contributed by atoms with Crippen molar-refractivity contribution < 1.29 is 26.4 Å². The fraction of sp³-hybridized carbons (Fsp3) is 0.933. The summed E-state index contributed by atoms with van der Waals surface area (Å²) in [6.07, 6.45) is -0.123. The van der Waals surface area contributed by atoms with Crippen molar-refractivity contribution in [3.05, 3.63) is 0 Å². The van der Waals surface area contributed by atoms with Gasteiger partial charge in [0.15, 0.2) is 0 Å². The number of nitrogens with zero attached hydrogens (tertiary/aromatic N) is 2. The zero-order valence-corrected chi connectivity index (χ0v) is 15.2. The Morgan fingerprint density at radius 3 is 2.28 bits per heavy atom. The molecular formula is C15H26F3N3O3S. The van der Waals surface area contributed by atoms with Crippen LogP contribution in [0, 0.1) is 5.92 Å². The summed E-state index contributed by atoms with van der Waals surface area (Å²) in [5.41, 5.74) is 5.91. The number of piperidine rings is 1. The second-order valence-corrected chi connectivity index (χ2v) is 9.04. The largest absolute Gasteiger partial charge is 0.402 e. The smallest absolute Gasteiger partial charge is 0.342 e. The van der Waals surface area contributed by atoms with Gasteiger partial charge in [0, 0.05) is 31.1 Å². The van der Waals surface area contributed by atoms with Crippen LogP contribution in [0.15, 0.2) is 0 Å². The number of halogens is 3. The van der Waals surface area contributed by atoms with E-state index in [0.717, 1.165) is 25.5 Å². The van der Waals surface area contributed by atoms with E-state index in [2.05, 4.69) is 0 Å². The van der Waals surface area contributed by atoms with Crippen molar-refractivity contribution in [1.29, 1.82) is 0 Å². The third-order valence-corrected chi connectivity index (χ3v) is 6.29. The molecule has 1 heterocycles. The van der Waals surface area contributed by atoms with Gasteiger partial charge in [-0.2, -0.15) is 17.5 Å². The number of likely N-dealkylation sites (tertiary alicyclic amines) is 1. The zero-order valence-electron chi connectivity index (χ0n) is 14.3. The number of nitrogens with two attached hydrogens (primary N) is 1. The van der Waals surface area contributed by atoms with Crippen LogP contribution in [0.1, 0.15) is 38.5 Å². The van der Waals surface area contributed by atoms with Crippen molar-refractivity contribution in [2.75, 3.05) is 25.9 Å². The first-order chi connectivity index (χ1) is 11.5. The van der Waals surface area contributed by atoms with Crippen LogP contribution in [-0.4, -0.2) is 67.7 Å². The lowest BCUT2D eigenvalue weighted by atomic mass is 9.85. The average molecular weight is 385 g/mol. The molecule has 2 unspecified atom stereocenters. The Bertz CT molecular complexity index is 574. The van der Waals surface area contributed by atoms with E-state index in [0.29, 0.717) is 10.7 Å². The molecule has 0 aromatic rings. The Morgan fingerprint density at radius 2 is 1.80 bits per heavy atom. The first-order valence-corrected chi connectivity index (χ1v) is 10.4. The number of amides is 1. The standard InChI is InChI=1S/C15H26F3N3O3S/c1-25(23,24)21(10-15(16,17)18)13-5-7-20(8-6-13)14(22)11-3-2-4-12(19)9-11/h11-13H,2-10,19H2,1H3. The molecule has 1 aliphatic carbocycles. The van der Waals surface area contributed by atoms with Gasteiger partial charge in [-0.3, -0.25) is 4.79 Å². The van der Waals surface area contributed by atoms with E-state index in [1.807, 2.05) is 0 Å². The van der Waals surface area contributed by atoms with Gasteiger partial charge in [-0.15, -0.1) is 0 Å². The lowest BCUT2D eigenvalue weighted by molar-refractivity contribution is -0.144. The van der Waals surface area contributed by atoms with Gasteiger partial charge in [0.05, 0.1) is 6.26 Å². The van der Waals surface area contributed by atoms with E-state index >= 15 is 0 Å². The molecule has 0 bridgehead atoms.